The first-order valence-corrected chi connectivity index (χ1v) is 13.0. The van der Waals surface area contributed by atoms with E-state index in [1.54, 1.807) is 38.3 Å². The standard InChI is InChI=1S/C25H35FN4O5S/c1-7-23(25(32)27-18(2)3)29(16-19-8-14-22(35-6)15-9-19)24(31)17-30(36(33,34)28(4)5)21-12-10-20(26)11-13-21/h8-15,18,23H,7,16-17H2,1-6H3,(H,27,32). The molecule has 2 aromatic carbocycles. The number of benzene rings is 2. The van der Waals surface area contributed by atoms with Crippen LogP contribution in [0.1, 0.15) is 32.8 Å². The van der Waals surface area contributed by atoms with Crippen LogP contribution in [0.5, 0.6) is 5.75 Å². The summed E-state index contributed by atoms with van der Waals surface area (Å²) in [7, 11) is 0.125. The predicted molar refractivity (Wildman–Crippen MR) is 137 cm³/mol. The average Bonchev–Trinajstić information content (AvgIpc) is 2.82. The molecule has 0 bridgehead atoms. The number of amides is 2. The number of nitrogens with one attached hydrogen (secondary N) is 1. The van der Waals surface area contributed by atoms with Crippen LogP contribution >= 0.6 is 0 Å². The topological polar surface area (TPSA) is 99.3 Å². The van der Waals surface area contributed by atoms with Crippen molar-refractivity contribution in [3.05, 3.63) is 59.9 Å². The van der Waals surface area contributed by atoms with E-state index in [0.717, 1.165) is 26.3 Å². The van der Waals surface area contributed by atoms with Crippen LogP contribution in [0.15, 0.2) is 48.5 Å². The molecule has 2 aromatic rings. The maximum Gasteiger partial charge on any atom is 0.304 e. The highest BCUT2D eigenvalue weighted by Crippen LogP contribution is 2.22. The smallest absolute Gasteiger partial charge is 0.304 e. The second kappa shape index (κ2) is 12.7. The lowest BCUT2D eigenvalue weighted by atomic mass is 10.1. The first-order chi connectivity index (χ1) is 16.9. The number of methoxy groups -OCH3 is 1. The lowest BCUT2D eigenvalue weighted by Crippen LogP contribution is -2.54. The normalized spacial score (nSPS) is 12.4. The molecule has 11 heteroatoms. The van der Waals surface area contributed by atoms with Crippen molar-refractivity contribution in [3.63, 3.8) is 0 Å². The van der Waals surface area contributed by atoms with Crippen LogP contribution < -0.4 is 14.4 Å². The van der Waals surface area contributed by atoms with Crippen molar-refractivity contribution in [3.8, 4) is 5.75 Å². The molecule has 198 valence electrons. The van der Waals surface area contributed by atoms with E-state index >= 15 is 0 Å². The van der Waals surface area contributed by atoms with Gasteiger partial charge in [0.05, 0.1) is 12.8 Å². The van der Waals surface area contributed by atoms with E-state index in [1.165, 1.54) is 31.1 Å². The van der Waals surface area contributed by atoms with Gasteiger partial charge in [-0.25, -0.2) is 8.70 Å². The molecule has 0 radical (unpaired) electrons. The molecule has 36 heavy (non-hydrogen) atoms. The fraction of sp³-hybridized carbons (Fsp3) is 0.440. The van der Waals surface area contributed by atoms with Gasteiger partial charge in [-0.15, -0.1) is 0 Å². The molecule has 9 nitrogen and oxygen atoms in total. The van der Waals surface area contributed by atoms with Crippen LogP contribution in [0.25, 0.3) is 0 Å². The molecule has 0 aromatic heterocycles. The Labute approximate surface area is 213 Å². The molecule has 2 amide bonds. The molecule has 0 aliphatic heterocycles. The first-order valence-electron chi connectivity index (χ1n) is 11.6. The van der Waals surface area contributed by atoms with Gasteiger partial charge in [0.15, 0.2) is 0 Å². The van der Waals surface area contributed by atoms with Gasteiger partial charge in [-0.1, -0.05) is 19.1 Å². The molecule has 1 atom stereocenters. The summed E-state index contributed by atoms with van der Waals surface area (Å²) in [5.74, 6) is -0.810. The van der Waals surface area contributed by atoms with Crippen molar-refractivity contribution >= 4 is 27.7 Å². The molecule has 0 aliphatic carbocycles. The van der Waals surface area contributed by atoms with Crippen molar-refractivity contribution in [2.45, 2.75) is 45.8 Å². The number of nitrogens with zero attached hydrogens (tertiary/aromatic N) is 3. The molecule has 0 heterocycles. The largest absolute Gasteiger partial charge is 0.497 e. The van der Waals surface area contributed by atoms with E-state index in [9.17, 15) is 22.4 Å². The summed E-state index contributed by atoms with van der Waals surface area (Å²) in [5, 5.41) is 2.84. The van der Waals surface area contributed by atoms with Crippen LogP contribution in [0.2, 0.25) is 0 Å². The molecule has 0 spiro atoms. The van der Waals surface area contributed by atoms with Gasteiger partial charge in [-0.2, -0.15) is 12.7 Å². The van der Waals surface area contributed by atoms with E-state index in [1.807, 2.05) is 13.8 Å². The molecule has 0 saturated carbocycles. The number of ether oxygens (including phenoxy) is 1. The highest BCUT2D eigenvalue weighted by molar-refractivity contribution is 7.90. The van der Waals surface area contributed by atoms with Crippen molar-refractivity contribution < 1.29 is 27.1 Å². The quantitative estimate of drug-likeness (QED) is 0.462. The fourth-order valence-electron chi connectivity index (χ4n) is 3.55. The zero-order valence-corrected chi connectivity index (χ0v) is 22.4. The third-order valence-electron chi connectivity index (χ3n) is 5.46. The lowest BCUT2D eigenvalue weighted by Gasteiger charge is -2.34. The molecule has 0 fully saturated rings. The fourth-order valence-corrected chi connectivity index (χ4v) is 4.61. The van der Waals surface area contributed by atoms with Gasteiger partial charge >= 0.3 is 10.2 Å². The average molecular weight is 523 g/mol. The van der Waals surface area contributed by atoms with Gasteiger partial charge < -0.3 is 15.0 Å². The molecule has 1 unspecified atom stereocenters. The lowest BCUT2D eigenvalue weighted by molar-refractivity contribution is -0.140. The zero-order chi connectivity index (χ0) is 27.0. The Hall–Kier alpha value is -3.18. The SMILES string of the molecule is CCC(C(=O)NC(C)C)N(Cc1ccc(OC)cc1)C(=O)CN(c1ccc(F)cc1)S(=O)(=O)N(C)C. The Bertz CT molecular complexity index is 1120. The van der Waals surface area contributed by atoms with Crippen LogP contribution in [0, 0.1) is 5.82 Å². The minimum absolute atomic E-state index is 0.0755. The number of anilines is 1. The maximum absolute atomic E-state index is 13.7. The third kappa shape index (κ3) is 7.41. The monoisotopic (exact) mass is 522 g/mol. The van der Waals surface area contributed by atoms with Crippen molar-refractivity contribution in [2.75, 3.05) is 32.1 Å². The molecular formula is C25H35FN4O5S. The van der Waals surface area contributed by atoms with E-state index < -0.39 is 34.5 Å². The summed E-state index contributed by atoms with van der Waals surface area (Å²) < 4.78 is 46.8. The molecule has 2 rings (SSSR count). The first kappa shape index (κ1) is 29.1. The number of carbonyl (C=O) groups is 2. The number of hydrogen-bond acceptors (Lipinski definition) is 5. The molecule has 0 aliphatic rings. The Morgan fingerprint density at radius 3 is 2.08 bits per heavy atom. The van der Waals surface area contributed by atoms with Gasteiger partial charge in [-0.3, -0.25) is 9.59 Å². The van der Waals surface area contributed by atoms with Gasteiger partial charge in [-0.05, 0) is 62.2 Å². The maximum atomic E-state index is 13.7. The second-order valence-electron chi connectivity index (χ2n) is 8.73. The van der Waals surface area contributed by atoms with E-state index in [2.05, 4.69) is 5.32 Å². The highest BCUT2D eigenvalue weighted by Gasteiger charge is 2.33. The zero-order valence-electron chi connectivity index (χ0n) is 21.6. The summed E-state index contributed by atoms with van der Waals surface area (Å²) in [5.41, 5.74) is 0.867. The van der Waals surface area contributed by atoms with Crippen molar-refractivity contribution in [1.29, 1.82) is 0 Å². The number of halogens is 1. The van der Waals surface area contributed by atoms with Crippen LogP contribution in [-0.2, 0) is 26.3 Å². The Kier molecular flexibility index (Phi) is 10.2. The summed E-state index contributed by atoms with van der Waals surface area (Å²) >= 11 is 0. The Morgan fingerprint density at radius 2 is 1.61 bits per heavy atom. The van der Waals surface area contributed by atoms with E-state index in [0.29, 0.717) is 12.2 Å². The Balaban J connectivity index is 2.49. The summed E-state index contributed by atoms with van der Waals surface area (Å²) in [6.45, 7) is 4.92. The second-order valence-corrected chi connectivity index (χ2v) is 10.8. The molecule has 0 saturated heterocycles. The predicted octanol–water partition coefficient (Wildman–Crippen LogP) is 2.78. The number of rotatable bonds is 12. The van der Waals surface area contributed by atoms with E-state index in [4.69, 9.17) is 4.74 Å². The number of carbonyl (C=O) groups excluding carboxylic acids is 2. The molecule has 1 N–H and O–H groups in total. The van der Waals surface area contributed by atoms with Crippen LogP contribution in [0.4, 0.5) is 10.1 Å². The van der Waals surface area contributed by atoms with E-state index in [-0.39, 0.29) is 24.2 Å². The Morgan fingerprint density at radius 1 is 1.03 bits per heavy atom. The highest BCUT2D eigenvalue weighted by atomic mass is 32.2. The van der Waals surface area contributed by atoms with Gasteiger partial charge in [0.1, 0.15) is 24.2 Å². The van der Waals surface area contributed by atoms with Crippen molar-refractivity contribution in [2.24, 2.45) is 0 Å². The summed E-state index contributed by atoms with van der Waals surface area (Å²) in [4.78, 5) is 28.1. The van der Waals surface area contributed by atoms with Crippen LogP contribution in [0.3, 0.4) is 0 Å². The van der Waals surface area contributed by atoms with Gasteiger partial charge in [0.2, 0.25) is 11.8 Å². The summed E-state index contributed by atoms with van der Waals surface area (Å²) in [6.07, 6.45) is 0.317. The van der Waals surface area contributed by atoms with Gasteiger partial charge in [0, 0.05) is 26.7 Å². The summed E-state index contributed by atoms with van der Waals surface area (Å²) in [6, 6.07) is 10.9. The minimum atomic E-state index is -4.11. The molecular weight excluding hydrogens is 487 g/mol. The van der Waals surface area contributed by atoms with Crippen LogP contribution in [-0.4, -0.2) is 69.3 Å². The third-order valence-corrected chi connectivity index (χ3v) is 7.28. The number of hydrogen-bond donors (Lipinski definition) is 1. The minimum Gasteiger partial charge on any atom is -0.497 e. The van der Waals surface area contributed by atoms with Gasteiger partial charge in [0.25, 0.3) is 0 Å². The van der Waals surface area contributed by atoms with Crippen molar-refractivity contribution in [1.82, 2.24) is 14.5 Å².